The van der Waals surface area contributed by atoms with Crippen LogP contribution in [0.15, 0.2) is 0 Å². The summed E-state index contributed by atoms with van der Waals surface area (Å²) in [5, 5.41) is 2.01. The average molecular weight is 144 g/mol. The highest BCUT2D eigenvalue weighted by Crippen LogP contribution is 1.98. The number of hydrogen-bond acceptors (Lipinski definition) is 2. The molecule has 0 fully saturated rings. The average Bonchev–Trinajstić information content (AvgIpc) is 1.82. The molecule has 1 atom stereocenters. The largest absolute Gasteiger partial charge is 0.253 e. The molecule has 0 aromatic rings. The summed E-state index contributed by atoms with van der Waals surface area (Å²) >= 11 is 0. The Morgan fingerprint density at radius 2 is 2.00 bits per heavy atom. The van der Waals surface area contributed by atoms with Crippen LogP contribution in [0.25, 0.3) is 0 Å². The van der Waals surface area contributed by atoms with E-state index in [0.29, 0.717) is 6.04 Å². The summed E-state index contributed by atoms with van der Waals surface area (Å²) in [6.45, 7) is 4.44. The lowest BCUT2D eigenvalue weighted by molar-refractivity contribution is 0.241. The quantitative estimate of drug-likeness (QED) is 0.590. The van der Waals surface area contributed by atoms with Crippen LogP contribution < -0.4 is 5.43 Å². The molecule has 0 aliphatic heterocycles. The van der Waals surface area contributed by atoms with Crippen molar-refractivity contribution < 1.29 is 0 Å². The second-order valence-electron chi connectivity index (χ2n) is 3.07. The summed E-state index contributed by atoms with van der Waals surface area (Å²) in [4.78, 5) is 0. The lowest BCUT2D eigenvalue weighted by atomic mass is 10.1. The molecule has 0 heterocycles. The third kappa shape index (κ3) is 6.05. The van der Waals surface area contributed by atoms with Crippen molar-refractivity contribution in [1.29, 1.82) is 0 Å². The maximum atomic E-state index is 3.31. The van der Waals surface area contributed by atoms with Gasteiger partial charge in [-0.2, -0.15) is 0 Å². The lowest BCUT2D eigenvalue weighted by Crippen LogP contribution is -2.37. The molecule has 0 aromatic carbocycles. The van der Waals surface area contributed by atoms with Gasteiger partial charge < -0.3 is 0 Å². The molecule has 2 nitrogen and oxygen atoms in total. The third-order valence-electron chi connectivity index (χ3n) is 1.47. The van der Waals surface area contributed by atoms with Gasteiger partial charge in [-0.15, -0.1) is 0 Å². The van der Waals surface area contributed by atoms with Gasteiger partial charge in [-0.25, -0.2) is 0 Å². The van der Waals surface area contributed by atoms with E-state index in [-0.39, 0.29) is 0 Å². The molecule has 1 unspecified atom stereocenters. The van der Waals surface area contributed by atoms with E-state index in [1.165, 1.54) is 19.3 Å². The van der Waals surface area contributed by atoms with Crippen molar-refractivity contribution in [2.75, 3.05) is 14.1 Å². The van der Waals surface area contributed by atoms with Gasteiger partial charge in [0.2, 0.25) is 0 Å². The Morgan fingerprint density at radius 3 is 2.40 bits per heavy atom. The molecule has 0 aromatic heterocycles. The summed E-state index contributed by atoms with van der Waals surface area (Å²) in [5.41, 5.74) is 3.31. The van der Waals surface area contributed by atoms with E-state index in [1.54, 1.807) is 0 Å². The summed E-state index contributed by atoms with van der Waals surface area (Å²) in [6.07, 6.45) is 3.89. The lowest BCUT2D eigenvalue weighted by Gasteiger charge is -2.18. The van der Waals surface area contributed by atoms with Crippen molar-refractivity contribution in [1.82, 2.24) is 10.4 Å². The van der Waals surface area contributed by atoms with Crippen LogP contribution in [0.2, 0.25) is 0 Å². The van der Waals surface area contributed by atoms with Crippen LogP contribution in [0, 0.1) is 0 Å². The maximum absolute atomic E-state index is 3.31. The van der Waals surface area contributed by atoms with E-state index in [4.69, 9.17) is 0 Å². The second kappa shape index (κ2) is 5.69. The van der Waals surface area contributed by atoms with Crippen LogP contribution in [-0.4, -0.2) is 25.1 Å². The number of hydrazine groups is 1. The highest BCUT2D eigenvalue weighted by atomic mass is 15.5. The van der Waals surface area contributed by atoms with Crippen LogP contribution >= 0.6 is 0 Å². The van der Waals surface area contributed by atoms with Crippen LogP contribution in [0.3, 0.4) is 0 Å². The van der Waals surface area contributed by atoms with E-state index in [1.807, 2.05) is 19.1 Å². The zero-order valence-electron chi connectivity index (χ0n) is 7.65. The summed E-state index contributed by atoms with van der Waals surface area (Å²) in [7, 11) is 4.06. The van der Waals surface area contributed by atoms with Crippen LogP contribution in [0.1, 0.15) is 33.1 Å². The zero-order valence-corrected chi connectivity index (χ0v) is 7.65. The standard InChI is InChI=1S/C8H20N2/c1-5-6-7-8(2)9-10(3)4/h8-9H,5-7H2,1-4H3. The molecule has 0 radical (unpaired) electrons. The predicted octanol–water partition coefficient (Wildman–Crippen LogP) is 1.63. The van der Waals surface area contributed by atoms with E-state index >= 15 is 0 Å². The van der Waals surface area contributed by atoms with Gasteiger partial charge in [-0.05, 0) is 13.3 Å². The van der Waals surface area contributed by atoms with Gasteiger partial charge in [-0.1, -0.05) is 19.8 Å². The number of unbranched alkanes of at least 4 members (excludes halogenated alkanes) is 1. The molecule has 0 amide bonds. The fourth-order valence-corrected chi connectivity index (χ4v) is 1.02. The highest BCUT2D eigenvalue weighted by Gasteiger charge is 1.99. The SMILES string of the molecule is CCCCC(C)NN(C)C. The van der Waals surface area contributed by atoms with Gasteiger partial charge in [0.25, 0.3) is 0 Å². The molecule has 0 spiro atoms. The molecule has 0 aliphatic rings. The minimum absolute atomic E-state index is 0.620. The van der Waals surface area contributed by atoms with Crippen LogP contribution in [0.5, 0.6) is 0 Å². The maximum Gasteiger partial charge on any atom is 0.0186 e. The fraction of sp³-hybridized carbons (Fsp3) is 1.00. The van der Waals surface area contributed by atoms with Crippen molar-refractivity contribution in [3.05, 3.63) is 0 Å². The Balaban J connectivity index is 3.16. The molecular weight excluding hydrogens is 124 g/mol. The summed E-state index contributed by atoms with van der Waals surface area (Å²) in [5.74, 6) is 0. The number of hydrogen-bond donors (Lipinski definition) is 1. The first-order valence-corrected chi connectivity index (χ1v) is 4.10. The Hall–Kier alpha value is -0.0800. The zero-order chi connectivity index (χ0) is 7.98. The molecule has 0 saturated carbocycles. The first-order chi connectivity index (χ1) is 4.66. The molecule has 0 aliphatic carbocycles. The van der Waals surface area contributed by atoms with Gasteiger partial charge in [0.05, 0.1) is 0 Å². The monoisotopic (exact) mass is 144 g/mol. The van der Waals surface area contributed by atoms with Gasteiger partial charge in [-0.3, -0.25) is 10.4 Å². The Bertz CT molecular complexity index is 71.7. The van der Waals surface area contributed by atoms with Crippen molar-refractivity contribution in [3.8, 4) is 0 Å². The van der Waals surface area contributed by atoms with Crippen LogP contribution in [0.4, 0.5) is 0 Å². The molecule has 1 N–H and O–H groups in total. The predicted molar refractivity (Wildman–Crippen MR) is 45.8 cm³/mol. The molecule has 2 heteroatoms. The Morgan fingerprint density at radius 1 is 1.40 bits per heavy atom. The first kappa shape index (κ1) is 9.92. The van der Waals surface area contributed by atoms with Crippen molar-refractivity contribution in [2.45, 2.75) is 39.2 Å². The first-order valence-electron chi connectivity index (χ1n) is 4.10. The van der Waals surface area contributed by atoms with Crippen molar-refractivity contribution in [3.63, 3.8) is 0 Å². The minimum Gasteiger partial charge on any atom is -0.253 e. The van der Waals surface area contributed by atoms with E-state index in [9.17, 15) is 0 Å². The number of nitrogens with one attached hydrogen (secondary N) is 1. The van der Waals surface area contributed by atoms with Gasteiger partial charge >= 0.3 is 0 Å². The number of nitrogens with zero attached hydrogens (tertiary/aromatic N) is 1. The number of rotatable bonds is 5. The van der Waals surface area contributed by atoms with E-state index < -0.39 is 0 Å². The smallest absolute Gasteiger partial charge is 0.0186 e. The molecule has 62 valence electrons. The highest BCUT2D eigenvalue weighted by molar-refractivity contribution is 4.55. The Kier molecular flexibility index (Phi) is 5.64. The van der Waals surface area contributed by atoms with E-state index in [2.05, 4.69) is 19.3 Å². The summed E-state index contributed by atoms with van der Waals surface area (Å²) in [6, 6.07) is 0.620. The Labute approximate surface area is 64.6 Å². The fourth-order valence-electron chi connectivity index (χ4n) is 1.02. The van der Waals surface area contributed by atoms with Gasteiger partial charge in [0, 0.05) is 20.1 Å². The van der Waals surface area contributed by atoms with Crippen molar-refractivity contribution in [2.24, 2.45) is 0 Å². The summed E-state index contributed by atoms with van der Waals surface area (Å²) < 4.78 is 0. The molecule has 0 saturated heterocycles. The molecule has 10 heavy (non-hydrogen) atoms. The van der Waals surface area contributed by atoms with Crippen LogP contribution in [-0.2, 0) is 0 Å². The molecular formula is C8H20N2. The molecule has 0 bridgehead atoms. The van der Waals surface area contributed by atoms with Gasteiger partial charge in [0.15, 0.2) is 0 Å². The molecule has 0 rings (SSSR count). The van der Waals surface area contributed by atoms with Gasteiger partial charge in [0.1, 0.15) is 0 Å². The van der Waals surface area contributed by atoms with Crippen molar-refractivity contribution >= 4 is 0 Å². The third-order valence-corrected chi connectivity index (χ3v) is 1.47. The minimum atomic E-state index is 0.620. The van der Waals surface area contributed by atoms with E-state index in [0.717, 1.165) is 0 Å². The second-order valence-corrected chi connectivity index (χ2v) is 3.07. The topological polar surface area (TPSA) is 15.3 Å². The normalized spacial score (nSPS) is 14.1.